The van der Waals surface area contributed by atoms with Crippen LogP contribution in [0, 0.1) is 5.92 Å². The number of alkyl halides is 3. The molecule has 8 heteroatoms. The molecule has 0 aromatic heterocycles. The molecular weight excluding hydrogens is 419 g/mol. The van der Waals surface area contributed by atoms with Crippen LogP contribution in [0.15, 0.2) is 48.5 Å². The largest absolute Gasteiger partial charge is 0.416 e. The SMILES string of the molecule is CCC(CC)C(=O)Nc1ccc(C(=O)N2CCN(c3cccc(C(F)(F)F)c3)CC2)cc1. The maximum atomic E-state index is 13.0. The fourth-order valence-corrected chi connectivity index (χ4v) is 3.83. The van der Waals surface area contributed by atoms with E-state index in [-0.39, 0.29) is 17.7 Å². The first-order chi connectivity index (χ1) is 15.2. The van der Waals surface area contributed by atoms with Gasteiger partial charge in [-0.05, 0) is 55.3 Å². The molecule has 2 aromatic carbocycles. The molecule has 1 heterocycles. The second kappa shape index (κ2) is 10.1. The van der Waals surface area contributed by atoms with Crippen LogP contribution in [0.5, 0.6) is 0 Å². The van der Waals surface area contributed by atoms with Crippen LogP contribution in [-0.4, -0.2) is 42.9 Å². The summed E-state index contributed by atoms with van der Waals surface area (Å²) in [6.07, 6.45) is -2.84. The van der Waals surface area contributed by atoms with E-state index in [4.69, 9.17) is 0 Å². The number of halogens is 3. The number of carbonyl (C=O) groups excluding carboxylic acids is 2. The van der Waals surface area contributed by atoms with E-state index in [1.165, 1.54) is 6.07 Å². The van der Waals surface area contributed by atoms with Gasteiger partial charge in [-0.1, -0.05) is 19.9 Å². The number of anilines is 2. The molecule has 172 valence electrons. The summed E-state index contributed by atoms with van der Waals surface area (Å²) < 4.78 is 38.9. The van der Waals surface area contributed by atoms with Crippen LogP contribution in [0.1, 0.15) is 42.6 Å². The van der Waals surface area contributed by atoms with Crippen molar-refractivity contribution in [3.63, 3.8) is 0 Å². The van der Waals surface area contributed by atoms with Crippen molar-refractivity contribution in [3.05, 3.63) is 59.7 Å². The van der Waals surface area contributed by atoms with Crippen molar-refractivity contribution in [2.45, 2.75) is 32.9 Å². The third kappa shape index (κ3) is 5.60. The van der Waals surface area contributed by atoms with E-state index in [9.17, 15) is 22.8 Å². The second-order valence-electron chi connectivity index (χ2n) is 7.91. The van der Waals surface area contributed by atoms with Crippen molar-refractivity contribution in [1.29, 1.82) is 0 Å². The average Bonchev–Trinajstić information content (AvgIpc) is 2.79. The van der Waals surface area contributed by atoms with Gasteiger partial charge in [0.25, 0.3) is 5.91 Å². The molecule has 2 amide bonds. The van der Waals surface area contributed by atoms with Gasteiger partial charge in [-0.15, -0.1) is 0 Å². The summed E-state index contributed by atoms with van der Waals surface area (Å²) in [6.45, 7) is 5.70. The molecule has 1 N–H and O–H groups in total. The van der Waals surface area contributed by atoms with Crippen molar-refractivity contribution in [2.75, 3.05) is 36.4 Å². The molecule has 0 spiro atoms. The van der Waals surface area contributed by atoms with Crippen LogP contribution in [0.2, 0.25) is 0 Å². The Kier molecular flexibility index (Phi) is 7.43. The molecule has 0 unspecified atom stereocenters. The lowest BCUT2D eigenvalue weighted by Gasteiger charge is -2.36. The summed E-state index contributed by atoms with van der Waals surface area (Å²) in [5, 5.41) is 2.88. The van der Waals surface area contributed by atoms with Crippen molar-refractivity contribution in [3.8, 4) is 0 Å². The van der Waals surface area contributed by atoms with E-state index in [0.29, 0.717) is 43.1 Å². The lowest BCUT2D eigenvalue weighted by atomic mass is 10.0. The fourth-order valence-electron chi connectivity index (χ4n) is 3.83. The average molecular weight is 448 g/mol. The van der Waals surface area contributed by atoms with E-state index >= 15 is 0 Å². The van der Waals surface area contributed by atoms with Gasteiger partial charge in [0, 0.05) is 49.0 Å². The van der Waals surface area contributed by atoms with Crippen LogP contribution in [0.3, 0.4) is 0 Å². The molecule has 0 radical (unpaired) electrons. The molecular formula is C24H28F3N3O2. The number of benzene rings is 2. The zero-order chi connectivity index (χ0) is 23.3. The number of hydrogen-bond acceptors (Lipinski definition) is 3. The Hall–Kier alpha value is -3.03. The van der Waals surface area contributed by atoms with Crippen molar-refractivity contribution < 1.29 is 22.8 Å². The van der Waals surface area contributed by atoms with Crippen LogP contribution in [-0.2, 0) is 11.0 Å². The molecule has 1 saturated heterocycles. The summed E-state index contributed by atoms with van der Waals surface area (Å²) >= 11 is 0. The number of carbonyl (C=O) groups is 2. The Morgan fingerprint density at radius 1 is 0.969 bits per heavy atom. The van der Waals surface area contributed by atoms with Crippen LogP contribution in [0.4, 0.5) is 24.5 Å². The molecule has 1 fully saturated rings. The minimum atomic E-state index is -4.38. The number of nitrogens with one attached hydrogen (secondary N) is 1. The normalized spacial score (nSPS) is 14.6. The Balaban J connectivity index is 1.58. The molecule has 0 aliphatic carbocycles. The Labute approximate surface area is 186 Å². The lowest BCUT2D eigenvalue weighted by Crippen LogP contribution is -2.48. The second-order valence-corrected chi connectivity index (χ2v) is 7.91. The smallest absolute Gasteiger partial charge is 0.368 e. The highest BCUT2D eigenvalue weighted by atomic mass is 19.4. The predicted octanol–water partition coefficient (Wildman–Crippen LogP) is 5.04. The molecule has 0 bridgehead atoms. The van der Waals surface area contributed by atoms with E-state index in [0.717, 1.165) is 25.0 Å². The summed E-state index contributed by atoms with van der Waals surface area (Å²) in [5.41, 5.74) is 0.986. The number of hydrogen-bond donors (Lipinski definition) is 1. The molecule has 2 aromatic rings. The Bertz CT molecular complexity index is 932. The number of amides is 2. The van der Waals surface area contributed by atoms with Crippen LogP contribution < -0.4 is 10.2 Å². The molecule has 0 saturated carbocycles. The summed E-state index contributed by atoms with van der Waals surface area (Å²) in [6, 6.07) is 12.1. The first-order valence-corrected chi connectivity index (χ1v) is 10.8. The van der Waals surface area contributed by atoms with Crippen LogP contribution >= 0.6 is 0 Å². The maximum Gasteiger partial charge on any atom is 0.416 e. The van der Waals surface area contributed by atoms with E-state index < -0.39 is 11.7 Å². The summed E-state index contributed by atoms with van der Waals surface area (Å²) in [4.78, 5) is 28.6. The van der Waals surface area contributed by atoms with Gasteiger partial charge in [0.15, 0.2) is 0 Å². The van der Waals surface area contributed by atoms with E-state index in [1.54, 1.807) is 35.2 Å². The fraction of sp³-hybridized carbons (Fsp3) is 0.417. The zero-order valence-corrected chi connectivity index (χ0v) is 18.3. The number of nitrogens with zero attached hydrogens (tertiary/aromatic N) is 2. The summed E-state index contributed by atoms with van der Waals surface area (Å²) in [7, 11) is 0. The first-order valence-electron chi connectivity index (χ1n) is 10.8. The quantitative estimate of drug-likeness (QED) is 0.675. The highest BCUT2D eigenvalue weighted by Gasteiger charge is 2.31. The van der Waals surface area contributed by atoms with Gasteiger partial charge < -0.3 is 15.1 Å². The van der Waals surface area contributed by atoms with Crippen molar-refractivity contribution in [2.24, 2.45) is 5.92 Å². The Morgan fingerprint density at radius 3 is 2.16 bits per heavy atom. The van der Waals surface area contributed by atoms with Crippen molar-refractivity contribution in [1.82, 2.24) is 4.90 Å². The number of piperazine rings is 1. The molecule has 0 atom stereocenters. The first kappa shape index (κ1) is 23.6. The molecule has 3 rings (SSSR count). The van der Waals surface area contributed by atoms with Crippen molar-refractivity contribution >= 4 is 23.2 Å². The van der Waals surface area contributed by atoms with E-state index in [1.807, 2.05) is 18.7 Å². The van der Waals surface area contributed by atoms with Gasteiger partial charge in [-0.25, -0.2) is 0 Å². The third-order valence-electron chi connectivity index (χ3n) is 5.86. The minimum Gasteiger partial charge on any atom is -0.368 e. The van der Waals surface area contributed by atoms with Gasteiger partial charge in [-0.3, -0.25) is 9.59 Å². The maximum absolute atomic E-state index is 13.0. The van der Waals surface area contributed by atoms with Gasteiger partial charge in [0.2, 0.25) is 5.91 Å². The standard InChI is InChI=1S/C24H28F3N3O2/c1-3-17(4-2)22(31)28-20-10-8-18(9-11-20)23(32)30-14-12-29(13-15-30)21-7-5-6-19(16-21)24(25,26)27/h5-11,16-17H,3-4,12-15H2,1-2H3,(H,28,31). The Morgan fingerprint density at radius 2 is 1.59 bits per heavy atom. The minimum absolute atomic E-state index is 0.0280. The lowest BCUT2D eigenvalue weighted by molar-refractivity contribution is -0.137. The molecule has 5 nitrogen and oxygen atoms in total. The van der Waals surface area contributed by atoms with E-state index in [2.05, 4.69) is 5.32 Å². The highest BCUT2D eigenvalue weighted by Crippen LogP contribution is 2.32. The summed E-state index contributed by atoms with van der Waals surface area (Å²) in [5.74, 6) is -0.198. The molecule has 1 aliphatic rings. The zero-order valence-electron chi connectivity index (χ0n) is 18.3. The van der Waals surface area contributed by atoms with Gasteiger partial charge in [-0.2, -0.15) is 13.2 Å². The third-order valence-corrected chi connectivity index (χ3v) is 5.86. The van der Waals surface area contributed by atoms with Gasteiger partial charge >= 0.3 is 6.18 Å². The van der Waals surface area contributed by atoms with Crippen LogP contribution in [0.25, 0.3) is 0 Å². The monoisotopic (exact) mass is 447 g/mol. The van der Waals surface area contributed by atoms with Gasteiger partial charge in [0.05, 0.1) is 5.56 Å². The molecule has 1 aliphatic heterocycles. The van der Waals surface area contributed by atoms with Gasteiger partial charge in [0.1, 0.15) is 0 Å². The predicted molar refractivity (Wildman–Crippen MR) is 119 cm³/mol. The number of rotatable bonds is 6. The molecule has 32 heavy (non-hydrogen) atoms. The highest BCUT2D eigenvalue weighted by molar-refractivity contribution is 5.96. The topological polar surface area (TPSA) is 52.7 Å².